The van der Waals surface area contributed by atoms with Crippen molar-refractivity contribution in [3.63, 3.8) is 0 Å². The van der Waals surface area contributed by atoms with E-state index in [1.807, 2.05) is 0 Å². The van der Waals surface area contributed by atoms with Gasteiger partial charge in [-0.2, -0.15) is 0 Å². The quantitative estimate of drug-likeness (QED) is 0.865. The standard InChI is InChI=1S/C13H16FN5O/c1-20-10-4-3-9(7-10)19-13(16-17-18-19)11-6-8(15)2-5-12(11)14/h2,5-6,9-10H,3-4,7,15H2,1H3. The first kappa shape index (κ1) is 13.0. The van der Waals surface area contributed by atoms with Crippen LogP contribution in [0.15, 0.2) is 18.2 Å². The SMILES string of the molecule is COC1CCC(n2nnnc2-c2cc(N)ccc2F)C1. The van der Waals surface area contributed by atoms with Crippen LogP contribution in [0.5, 0.6) is 0 Å². The summed E-state index contributed by atoms with van der Waals surface area (Å²) >= 11 is 0. The van der Waals surface area contributed by atoms with Crippen LogP contribution in [0, 0.1) is 5.82 Å². The third-order valence-electron chi connectivity index (χ3n) is 3.76. The number of hydrogen-bond acceptors (Lipinski definition) is 5. The Morgan fingerprint density at radius 1 is 1.40 bits per heavy atom. The van der Waals surface area contributed by atoms with E-state index in [1.54, 1.807) is 17.9 Å². The molecule has 106 valence electrons. The van der Waals surface area contributed by atoms with E-state index in [0.717, 1.165) is 19.3 Å². The molecule has 1 aromatic heterocycles. The number of nitrogens with two attached hydrogens (primary N) is 1. The van der Waals surface area contributed by atoms with Gasteiger partial charge >= 0.3 is 0 Å². The third kappa shape index (κ3) is 2.24. The number of rotatable bonds is 3. The van der Waals surface area contributed by atoms with Gasteiger partial charge in [0.25, 0.3) is 0 Å². The van der Waals surface area contributed by atoms with Gasteiger partial charge in [0.15, 0.2) is 5.82 Å². The van der Waals surface area contributed by atoms with Crippen molar-refractivity contribution in [2.45, 2.75) is 31.4 Å². The number of methoxy groups -OCH3 is 1. The Hall–Kier alpha value is -2.02. The summed E-state index contributed by atoms with van der Waals surface area (Å²) in [6.45, 7) is 0. The maximum absolute atomic E-state index is 14.0. The molecular formula is C13H16FN5O. The van der Waals surface area contributed by atoms with Gasteiger partial charge in [-0.15, -0.1) is 5.10 Å². The molecule has 0 amide bonds. The van der Waals surface area contributed by atoms with Gasteiger partial charge in [0.1, 0.15) is 5.82 Å². The maximum atomic E-state index is 14.0. The minimum Gasteiger partial charge on any atom is -0.399 e. The topological polar surface area (TPSA) is 78.8 Å². The van der Waals surface area contributed by atoms with Crippen LogP contribution in [0.25, 0.3) is 11.4 Å². The Bertz CT molecular complexity index is 615. The number of benzene rings is 1. The van der Waals surface area contributed by atoms with E-state index in [4.69, 9.17) is 10.5 Å². The molecule has 3 rings (SSSR count). The number of halogens is 1. The molecule has 0 spiro atoms. The Balaban J connectivity index is 1.96. The van der Waals surface area contributed by atoms with E-state index in [0.29, 0.717) is 17.1 Å². The predicted molar refractivity (Wildman–Crippen MR) is 71.3 cm³/mol. The van der Waals surface area contributed by atoms with Crippen LogP contribution < -0.4 is 5.73 Å². The molecule has 0 saturated heterocycles. The maximum Gasteiger partial charge on any atom is 0.185 e. The second-order valence-electron chi connectivity index (χ2n) is 5.01. The first-order valence-corrected chi connectivity index (χ1v) is 6.55. The van der Waals surface area contributed by atoms with Crippen LogP contribution in [0.3, 0.4) is 0 Å². The molecule has 1 aliphatic rings. The second kappa shape index (κ2) is 5.16. The van der Waals surface area contributed by atoms with Crippen LogP contribution in [-0.4, -0.2) is 33.4 Å². The molecule has 6 nitrogen and oxygen atoms in total. The van der Waals surface area contributed by atoms with Crippen molar-refractivity contribution in [3.05, 3.63) is 24.0 Å². The number of aromatic nitrogens is 4. The van der Waals surface area contributed by atoms with Gasteiger partial charge in [-0.1, -0.05) is 0 Å². The van der Waals surface area contributed by atoms with E-state index in [2.05, 4.69) is 15.5 Å². The van der Waals surface area contributed by atoms with E-state index in [9.17, 15) is 4.39 Å². The lowest BCUT2D eigenvalue weighted by molar-refractivity contribution is 0.105. The van der Waals surface area contributed by atoms with Crippen molar-refractivity contribution in [1.29, 1.82) is 0 Å². The second-order valence-corrected chi connectivity index (χ2v) is 5.01. The highest BCUT2D eigenvalue weighted by molar-refractivity contribution is 5.61. The van der Waals surface area contributed by atoms with Crippen LogP contribution in [0.1, 0.15) is 25.3 Å². The molecule has 2 N–H and O–H groups in total. The Kier molecular flexibility index (Phi) is 3.35. The van der Waals surface area contributed by atoms with Crippen LogP contribution in [0.4, 0.5) is 10.1 Å². The average Bonchev–Trinajstić information content (AvgIpc) is 3.08. The summed E-state index contributed by atoms with van der Waals surface area (Å²) < 4.78 is 21.0. The molecule has 0 bridgehead atoms. The molecule has 1 saturated carbocycles. The van der Waals surface area contributed by atoms with Crippen molar-refractivity contribution in [2.24, 2.45) is 0 Å². The van der Waals surface area contributed by atoms with Crippen LogP contribution in [-0.2, 0) is 4.74 Å². The number of anilines is 1. The zero-order chi connectivity index (χ0) is 14.1. The van der Waals surface area contributed by atoms with Crippen molar-refractivity contribution < 1.29 is 9.13 Å². The highest BCUT2D eigenvalue weighted by atomic mass is 19.1. The number of ether oxygens (including phenoxy) is 1. The van der Waals surface area contributed by atoms with Gasteiger partial charge in [-0.25, -0.2) is 9.07 Å². The van der Waals surface area contributed by atoms with E-state index in [1.165, 1.54) is 12.1 Å². The van der Waals surface area contributed by atoms with Gasteiger partial charge in [-0.3, -0.25) is 0 Å². The lowest BCUT2D eigenvalue weighted by Crippen LogP contribution is -2.12. The third-order valence-corrected chi connectivity index (χ3v) is 3.76. The predicted octanol–water partition coefficient (Wildman–Crippen LogP) is 1.80. The number of nitrogen functional groups attached to an aromatic ring is 1. The Morgan fingerprint density at radius 3 is 3.00 bits per heavy atom. The van der Waals surface area contributed by atoms with Crippen LogP contribution >= 0.6 is 0 Å². The van der Waals surface area contributed by atoms with Crippen molar-refractivity contribution in [2.75, 3.05) is 12.8 Å². The monoisotopic (exact) mass is 277 g/mol. The zero-order valence-electron chi connectivity index (χ0n) is 11.2. The normalized spacial score (nSPS) is 22.3. The number of tetrazole rings is 1. The van der Waals surface area contributed by atoms with Crippen molar-refractivity contribution >= 4 is 5.69 Å². The van der Waals surface area contributed by atoms with Gasteiger partial charge in [0, 0.05) is 12.8 Å². The fourth-order valence-electron chi connectivity index (χ4n) is 2.68. The smallest absolute Gasteiger partial charge is 0.185 e. The van der Waals surface area contributed by atoms with E-state index in [-0.39, 0.29) is 18.0 Å². The molecule has 1 fully saturated rings. The first-order valence-electron chi connectivity index (χ1n) is 6.55. The Morgan fingerprint density at radius 2 is 2.25 bits per heavy atom. The summed E-state index contributed by atoms with van der Waals surface area (Å²) in [6, 6.07) is 4.53. The van der Waals surface area contributed by atoms with E-state index >= 15 is 0 Å². The van der Waals surface area contributed by atoms with Crippen molar-refractivity contribution in [3.8, 4) is 11.4 Å². The fraction of sp³-hybridized carbons (Fsp3) is 0.462. The summed E-state index contributed by atoms with van der Waals surface area (Å²) in [5, 5.41) is 11.6. The molecule has 0 radical (unpaired) electrons. The zero-order valence-corrected chi connectivity index (χ0v) is 11.2. The van der Waals surface area contributed by atoms with Gasteiger partial charge < -0.3 is 10.5 Å². The molecule has 20 heavy (non-hydrogen) atoms. The van der Waals surface area contributed by atoms with Crippen molar-refractivity contribution in [1.82, 2.24) is 20.2 Å². The summed E-state index contributed by atoms with van der Waals surface area (Å²) in [5.74, 6) is 0.0353. The summed E-state index contributed by atoms with van der Waals surface area (Å²) in [5.41, 5.74) is 6.53. The highest BCUT2D eigenvalue weighted by Crippen LogP contribution is 2.34. The van der Waals surface area contributed by atoms with Gasteiger partial charge in [-0.05, 0) is 47.9 Å². The molecule has 7 heteroatoms. The summed E-state index contributed by atoms with van der Waals surface area (Å²) in [6.07, 6.45) is 2.92. The fourth-order valence-corrected chi connectivity index (χ4v) is 2.68. The lowest BCUT2D eigenvalue weighted by Gasteiger charge is -2.13. The first-order chi connectivity index (χ1) is 9.69. The van der Waals surface area contributed by atoms with Crippen LogP contribution in [0.2, 0.25) is 0 Å². The Labute approximate surface area is 115 Å². The molecular weight excluding hydrogens is 261 g/mol. The summed E-state index contributed by atoms with van der Waals surface area (Å²) in [4.78, 5) is 0. The summed E-state index contributed by atoms with van der Waals surface area (Å²) in [7, 11) is 1.70. The van der Waals surface area contributed by atoms with Gasteiger partial charge in [0.05, 0.1) is 17.7 Å². The molecule has 2 atom stereocenters. The largest absolute Gasteiger partial charge is 0.399 e. The average molecular weight is 277 g/mol. The van der Waals surface area contributed by atoms with Gasteiger partial charge in [0.2, 0.25) is 0 Å². The van der Waals surface area contributed by atoms with E-state index < -0.39 is 0 Å². The molecule has 2 aromatic rings. The molecule has 0 aliphatic heterocycles. The molecule has 1 aliphatic carbocycles. The lowest BCUT2D eigenvalue weighted by atomic mass is 10.1. The minimum absolute atomic E-state index is 0.130. The molecule has 2 unspecified atom stereocenters. The molecule has 1 heterocycles. The highest BCUT2D eigenvalue weighted by Gasteiger charge is 2.29. The molecule has 1 aromatic carbocycles. The number of hydrogen-bond donors (Lipinski definition) is 1. The minimum atomic E-state index is -0.378. The number of nitrogens with zero attached hydrogens (tertiary/aromatic N) is 4.